The van der Waals surface area contributed by atoms with Crippen LogP contribution in [0, 0.1) is 6.92 Å². The molecule has 5 heteroatoms. The highest BCUT2D eigenvalue weighted by molar-refractivity contribution is 6.01. The fourth-order valence-corrected chi connectivity index (χ4v) is 3.09. The standard InChI is InChI=1S/C24H20N2O3/c1-17-21(15-26-29-17)14-23(27)22-13-20(19-9-11-25-12-10-19)7-8-24(22)28-16-18-5-3-2-4-6-18/h2-13,15H,14,16H2,1H3. The molecule has 2 heterocycles. The number of ether oxygens (including phenoxy) is 1. The van der Waals surface area contributed by atoms with Crippen molar-refractivity contribution in [3.8, 4) is 16.9 Å². The lowest BCUT2D eigenvalue weighted by molar-refractivity contribution is 0.0988. The van der Waals surface area contributed by atoms with Crippen LogP contribution in [0.2, 0.25) is 0 Å². The quantitative estimate of drug-likeness (QED) is 0.417. The molecule has 0 N–H and O–H groups in total. The van der Waals surface area contributed by atoms with Crippen molar-refractivity contribution in [3.63, 3.8) is 0 Å². The monoisotopic (exact) mass is 384 g/mol. The van der Waals surface area contributed by atoms with Crippen LogP contribution in [0.3, 0.4) is 0 Å². The first kappa shape index (κ1) is 18.6. The van der Waals surface area contributed by atoms with Gasteiger partial charge in [-0.15, -0.1) is 0 Å². The van der Waals surface area contributed by atoms with Gasteiger partial charge in [0.1, 0.15) is 18.1 Å². The first-order valence-corrected chi connectivity index (χ1v) is 9.35. The molecular formula is C24H20N2O3. The normalized spacial score (nSPS) is 10.7. The molecule has 5 nitrogen and oxygen atoms in total. The molecule has 0 fully saturated rings. The number of carbonyl (C=O) groups excluding carboxylic acids is 1. The third kappa shape index (κ3) is 4.41. The first-order chi connectivity index (χ1) is 14.2. The lowest BCUT2D eigenvalue weighted by atomic mass is 9.98. The van der Waals surface area contributed by atoms with E-state index in [1.54, 1.807) is 25.5 Å². The summed E-state index contributed by atoms with van der Waals surface area (Å²) in [5.41, 5.74) is 4.28. The van der Waals surface area contributed by atoms with Crippen molar-refractivity contribution in [1.29, 1.82) is 0 Å². The summed E-state index contributed by atoms with van der Waals surface area (Å²) in [5.74, 6) is 1.16. The Kier molecular flexibility index (Phi) is 5.47. The number of ketones is 1. The van der Waals surface area contributed by atoms with Crippen molar-refractivity contribution in [2.24, 2.45) is 0 Å². The van der Waals surface area contributed by atoms with Crippen LogP contribution in [-0.2, 0) is 13.0 Å². The molecule has 0 saturated carbocycles. The Morgan fingerprint density at radius 1 is 1.00 bits per heavy atom. The molecule has 4 rings (SSSR count). The second kappa shape index (κ2) is 8.52. The Labute approximate surface area is 169 Å². The molecule has 0 saturated heterocycles. The molecular weight excluding hydrogens is 364 g/mol. The van der Waals surface area contributed by atoms with Gasteiger partial charge in [-0.2, -0.15) is 0 Å². The van der Waals surface area contributed by atoms with Crippen LogP contribution in [0.5, 0.6) is 5.75 Å². The molecule has 0 unspecified atom stereocenters. The molecule has 0 aliphatic carbocycles. The number of hydrogen-bond donors (Lipinski definition) is 0. The molecule has 2 aromatic carbocycles. The van der Waals surface area contributed by atoms with Crippen LogP contribution >= 0.6 is 0 Å². The predicted molar refractivity (Wildman–Crippen MR) is 110 cm³/mol. The van der Waals surface area contributed by atoms with Crippen molar-refractivity contribution in [2.75, 3.05) is 0 Å². The zero-order valence-corrected chi connectivity index (χ0v) is 16.0. The SMILES string of the molecule is Cc1oncc1CC(=O)c1cc(-c2ccncc2)ccc1OCc1ccccc1. The minimum absolute atomic E-state index is 0.0460. The van der Waals surface area contributed by atoms with Crippen LogP contribution in [-0.4, -0.2) is 15.9 Å². The Bertz CT molecular complexity index is 1110. The first-order valence-electron chi connectivity index (χ1n) is 9.35. The summed E-state index contributed by atoms with van der Waals surface area (Å²) < 4.78 is 11.1. The summed E-state index contributed by atoms with van der Waals surface area (Å²) in [4.78, 5) is 17.2. The van der Waals surface area contributed by atoms with Gasteiger partial charge in [0.2, 0.25) is 0 Å². The van der Waals surface area contributed by atoms with E-state index in [1.807, 2.05) is 60.7 Å². The third-order valence-electron chi connectivity index (χ3n) is 4.73. The summed E-state index contributed by atoms with van der Waals surface area (Å²) in [5, 5.41) is 3.77. The van der Waals surface area contributed by atoms with Crippen molar-refractivity contribution in [3.05, 3.63) is 102 Å². The fourth-order valence-electron chi connectivity index (χ4n) is 3.09. The maximum Gasteiger partial charge on any atom is 0.171 e. The summed E-state index contributed by atoms with van der Waals surface area (Å²) in [6, 6.07) is 19.4. The van der Waals surface area contributed by atoms with Crippen molar-refractivity contribution in [1.82, 2.24) is 10.1 Å². The van der Waals surface area contributed by atoms with Crippen molar-refractivity contribution in [2.45, 2.75) is 20.0 Å². The van der Waals surface area contributed by atoms with Gasteiger partial charge in [0.25, 0.3) is 0 Å². The lowest BCUT2D eigenvalue weighted by Gasteiger charge is -2.13. The number of aromatic nitrogens is 2. The molecule has 0 amide bonds. The highest BCUT2D eigenvalue weighted by Crippen LogP contribution is 2.28. The van der Waals surface area contributed by atoms with E-state index in [0.29, 0.717) is 23.7 Å². The average Bonchev–Trinajstić information content (AvgIpc) is 3.18. The molecule has 0 radical (unpaired) electrons. The third-order valence-corrected chi connectivity index (χ3v) is 4.73. The van der Waals surface area contributed by atoms with Gasteiger partial charge in [0.05, 0.1) is 11.8 Å². The lowest BCUT2D eigenvalue weighted by Crippen LogP contribution is -2.08. The van der Waals surface area contributed by atoms with Crippen molar-refractivity contribution >= 4 is 5.78 Å². The second-order valence-corrected chi connectivity index (χ2v) is 6.73. The smallest absolute Gasteiger partial charge is 0.171 e. The van der Waals surface area contributed by atoms with Crippen LogP contribution in [0.15, 0.2) is 83.8 Å². The molecule has 0 aliphatic heterocycles. The van der Waals surface area contributed by atoms with Gasteiger partial charge in [-0.05, 0) is 47.9 Å². The van der Waals surface area contributed by atoms with Crippen LogP contribution < -0.4 is 4.74 Å². The number of rotatable bonds is 7. The molecule has 29 heavy (non-hydrogen) atoms. The van der Waals surface area contributed by atoms with Crippen molar-refractivity contribution < 1.29 is 14.1 Å². The molecule has 2 aromatic heterocycles. The van der Waals surface area contributed by atoms with Crippen LogP contribution in [0.4, 0.5) is 0 Å². The van der Waals surface area contributed by atoms with Gasteiger partial charge in [-0.1, -0.05) is 41.6 Å². The summed E-state index contributed by atoms with van der Waals surface area (Å²) in [6.07, 6.45) is 5.26. The minimum atomic E-state index is -0.0460. The average molecular weight is 384 g/mol. The van der Waals surface area contributed by atoms with Gasteiger partial charge < -0.3 is 9.26 Å². The van der Waals surface area contributed by atoms with E-state index >= 15 is 0 Å². The Balaban J connectivity index is 1.65. The maximum absolute atomic E-state index is 13.1. The van der Waals surface area contributed by atoms with E-state index in [2.05, 4.69) is 10.1 Å². The van der Waals surface area contributed by atoms with Gasteiger partial charge in [-0.25, -0.2) is 0 Å². The topological polar surface area (TPSA) is 65.2 Å². The van der Waals surface area contributed by atoms with E-state index in [0.717, 1.165) is 22.3 Å². The largest absolute Gasteiger partial charge is 0.488 e. The number of Topliss-reactive ketones (excluding diaryl/α,β-unsaturated/α-hetero) is 1. The highest BCUT2D eigenvalue weighted by Gasteiger charge is 2.17. The highest BCUT2D eigenvalue weighted by atomic mass is 16.5. The Hall–Kier alpha value is -3.73. The molecule has 0 aliphatic rings. The fraction of sp³-hybridized carbons (Fsp3) is 0.125. The number of pyridine rings is 1. The zero-order valence-electron chi connectivity index (χ0n) is 16.0. The number of aryl methyl sites for hydroxylation is 1. The summed E-state index contributed by atoms with van der Waals surface area (Å²) in [6.45, 7) is 2.19. The summed E-state index contributed by atoms with van der Waals surface area (Å²) >= 11 is 0. The number of benzene rings is 2. The Morgan fingerprint density at radius 3 is 2.52 bits per heavy atom. The molecule has 144 valence electrons. The maximum atomic E-state index is 13.1. The molecule has 4 aromatic rings. The number of carbonyl (C=O) groups is 1. The zero-order chi connectivity index (χ0) is 20.1. The van der Waals surface area contributed by atoms with E-state index in [9.17, 15) is 4.79 Å². The minimum Gasteiger partial charge on any atom is -0.488 e. The molecule has 0 atom stereocenters. The van der Waals surface area contributed by atoms with Crippen LogP contribution in [0.25, 0.3) is 11.1 Å². The predicted octanol–water partition coefficient (Wildman–Crippen LogP) is 5.05. The van der Waals surface area contributed by atoms with E-state index < -0.39 is 0 Å². The van der Waals surface area contributed by atoms with E-state index in [1.165, 1.54) is 0 Å². The summed E-state index contributed by atoms with van der Waals surface area (Å²) in [7, 11) is 0. The van der Waals surface area contributed by atoms with Gasteiger partial charge in [0.15, 0.2) is 5.78 Å². The molecule has 0 bridgehead atoms. The van der Waals surface area contributed by atoms with E-state index in [-0.39, 0.29) is 12.2 Å². The van der Waals surface area contributed by atoms with Crippen LogP contribution in [0.1, 0.15) is 27.2 Å². The second-order valence-electron chi connectivity index (χ2n) is 6.73. The number of hydrogen-bond acceptors (Lipinski definition) is 5. The van der Waals surface area contributed by atoms with Gasteiger partial charge in [-0.3, -0.25) is 9.78 Å². The van der Waals surface area contributed by atoms with Gasteiger partial charge >= 0.3 is 0 Å². The van der Waals surface area contributed by atoms with Gasteiger partial charge in [0, 0.05) is 24.4 Å². The molecule has 0 spiro atoms. The number of nitrogens with zero attached hydrogens (tertiary/aromatic N) is 2. The Morgan fingerprint density at radius 2 is 1.79 bits per heavy atom. The van der Waals surface area contributed by atoms with E-state index in [4.69, 9.17) is 9.26 Å².